The van der Waals surface area contributed by atoms with Crippen molar-refractivity contribution in [2.24, 2.45) is 0 Å². The average molecular weight is 346 g/mol. The number of nitro groups is 1. The molecule has 0 aliphatic rings. The molecule has 0 fully saturated rings. The van der Waals surface area contributed by atoms with E-state index in [0.717, 1.165) is 23.8 Å². The number of nitrogens with zero attached hydrogens (tertiary/aromatic N) is 1. The van der Waals surface area contributed by atoms with Gasteiger partial charge in [-0.15, -0.1) is 0 Å². The number of halogens is 1. The van der Waals surface area contributed by atoms with Crippen LogP contribution in [0.1, 0.15) is 25.3 Å². The van der Waals surface area contributed by atoms with E-state index in [1.165, 1.54) is 6.92 Å². The smallest absolute Gasteiger partial charge is 0.311 e. The average Bonchev–Trinajstić information content (AvgIpc) is 2.59. The first-order valence-electron chi connectivity index (χ1n) is 7.81. The molecule has 7 heteroatoms. The van der Waals surface area contributed by atoms with Crippen LogP contribution in [0.25, 0.3) is 0 Å². The van der Waals surface area contributed by atoms with Crippen LogP contribution in [0.3, 0.4) is 0 Å². The molecule has 25 heavy (non-hydrogen) atoms. The van der Waals surface area contributed by atoms with Crippen LogP contribution in [-0.2, 0) is 4.79 Å². The third-order valence-corrected chi connectivity index (χ3v) is 3.74. The Morgan fingerprint density at radius 2 is 1.92 bits per heavy atom. The van der Waals surface area contributed by atoms with Crippen LogP contribution in [0.5, 0.6) is 5.75 Å². The number of nitrogens with one attached hydrogen (secondary N) is 1. The molecule has 0 aliphatic heterocycles. The van der Waals surface area contributed by atoms with E-state index in [9.17, 15) is 19.3 Å². The summed E-state index contributed by atoms with van der Waals surface area (Å²) in [6, 6.07) is 12.6. The van der Waals surface area contributed by atoms with Crippen molar-refractivity contribution >= 4 is 11.6 Å². The Balaban J connectivity index is 1.97. The van der Waals surface area contributed by atoms with Gasteiger partial charge < -0.3 is 10.1 Å². The maximum atomic E-state index is 13.3. The molecule has 2 aromatic rings. The highest BCUT2D eigenvalue weighted by molar-refractivity contribution is 5.80. The summed E-state index contributed by atoms with van der Waals surface area (Å²) in [6.45, 7) is 3.82. The minimum atomic E-state index is -0.997. The normalized spacial score (nSPS) is 12.9. The molecule has 6 nitrogen and oxygen atoms in total. The van der Waals surface area contributed by atoms with Crippen molar-refractivity contribution in [3.8, 4) is 5.75 Å². The first kappa shape index (κ1) is 18.4. The second-order valence-electron chi connectivity index (χ2n) is 5.69. The van der Waals surface area contributed by atoms with E-state index in [1.54, 1.807) is 0 Å². The Kier molecular flexibility index (Phi) is 6.05. The lowest BCUT2D eigenvalue weighted by Gasteiger charge is -2.17. The maximum absolute atomic E-state index is 13.3. The van der Waals surface area contributed by atoms with Crippen molar-refractivity contribution in [1.82, 2.24) is 5.32 Å². The molecule has 2 rings (SSSR count). The zero-order chi connectivity index (χ0) is 18.4. The standard InChI is InChI=1S/C18H19FN2O4/c1-12(14-6-4-3-5-7-14)11-20-18(22)13(2)25-17-10-15(19)8-9-16(17)21(23)24/h3-10,12-13H,11H2,1-2H3,(H,20,22)/t12-,13-/m0/s1. The summed E-state index contributed by atoms with van der Waals surface area (Å²) in [6.07, 6.45) is -0.997. The van der Waals surface area contributed by atoms with Gasteiger partial charge in [-0.25, -0.2) is 4.39 Å². The molecule has 0 aromatic heterocycles. The van der Waals surface area contributed by atoms with E-state index in [2.05, 4.69) is 5.32 Å². The summed E-state index contributed by atoms with van der Waals surface area (Å²) in [5.74, 6) is -1.28. The Morgan fingerprint density at radius 1 is 1.24 bits per heavy atom. The Morgan fingerprint density at radius 3 is 2.56 bits per heavy atom. The number of hydrogen-bond acceptors (Lipinski definition) is 4. The lowest BCUT2D eigenvalue weighted by atomic mass is 10.0. The fraction of sp³-hybridized carbons (Fsp3) is 0.278. The van der Waals surface area contributed by atoms with Crippen LogP contribution < -0.4 is 10.1 Å². The second-order valence-corrected chi connectivity index (χ2v) is 5.69. The van der Waals surface area contributed by atoms with Gasteiger partial charge in [0.25, 0.3) is 5.91 Å². The molecular weight excluding hydrogens is 327 g/mol. The topological polar surface area (TPSA) is 81.5 Å². The third-order valence-electron chi connectivity index (χ3n) is 3.74. The van der Waals surface area contributed by atoms with Gasteiger partial charge in [-0.05, 0) is 24.5 Å². The molecule has 0 bridgehead atoms. The van der Waals surface area contributed by atoms with Gasteiger partial charge in [0.05, 0.1) is 4.92 Å². The summed E-state index contributed by atoms with van der Waals surface area (Å²) in [5.41, 5.74) is 0.691. The fourth-order valence-corrected chi connectivity index (χ4v) is 2.27. The number of rotatable bonds is 7. The van der Waals surface area contributed by atoms with Gasteiger partial charge in [-0.2, -0.15) is 0 Å². The number of ether oxygens (including phenoxy) is 1. The first-order chi connectivity index (χ1) is 11.9. The molecule has 0 unspecified atom stereocenters. The number of hydrogen-bond donors (Lipinski definition) is 1. The van der Waals surface area contributed by atoms with Gasteiger partial charge in [0.15, 0.2) is 6.10 Å². The molecule has 0 radical (unpaired) electrons. The van der Waals surface area contributed by atoms with Gasteiger partial charge >= 0.3 is 5.69 Å². The highest BCUT2D eigenvalue weighted by atomic mass is 19.1. The zero-order valence-electron chi connectivity index (χ0n) is 13.9. The first-order valence-corrected chi connectivity index (χ1v) is 7.81. The van der Waals surface area contributed by atoms with Crippen molar-refractivity contribution in [3.05, 3.63) is 70.0 Å². The van der Waals surface area contributed by atoms with Crippen LogP contribution in [-0.4, -0.2) is 23.5 Å². The monoisotopic (exact) mass is 346 g/mol. The second kappa shape index (κ2) is 8.23. The molecule has 2 aromatic carbocycles. The van der Waals surface area contributed by atoms with Crippen molar-refractivity contribution < 1.29 is 18.8 Å². The van der Waals surface area contributed by atoms with E-state index in [1.807, 2.05) is 37.3 Å². The molecule has 1 amide bonds. The molecule has 132 valence electrons. The summed E-state index contributed by atoms with van der Waals surface area (Å²) >= 11 is 0. The lowest BCUT2D eigenvalue weighted by molar-refractivity contribution is -0.386. The zero-order valence-corrected chi connectivity index (χ0v) is 13.9. The lowest BCUT2D eigenvalue weighted by Crippen LogP contribution is -2.38. The summed E-state index contributed by atoms with van der Waals surface area (Å²) in [5, 5.41) is 13.7. The largest absolute Gasteiger partial charge is 0.474 e. The number of amides is 1. The Bertz CT molecular complexity index is 752. The van der Waals surface area contributed by atoms with Gasteiger partial charge in [0.2, 0.25) is 5.75 Å². The fourth-order valence-electron chi connectivity index (χ4n) is 2.27. The van der Waals surface area contributed by atoms with E-state index in [4.69, 9.17) is 4.74 Å². The molecule has 0 saturated heterocycles. The molecule has 0 heterocycles. The van der Waals surface area contributed by atoms with Gasteiger partial charge in [-0.3, -0.25) is 14.9 Å². The molecule has 2 atom stereocenters. The maximum Gasteiger partial charge on any atom is 0.311 e. The molecule has 0 spiro atoms. The van der Waals surface area contributed by atoms with Crippen LogP contribution in [0.4, 0.5) is 10.1 Å². The summed E-state index contributed by atoms with van der Waals surface area (Å²) in [7, 11) is 0. The molecule has 0 aliphatic carbocycles. The van der Waals surface area contributed by atoms with Crippen LogP contribution in [0.15, 0.2) is 48.5 Å². The van der Waals surface area contributed by atoms with Gasteiger partial charge in [0.1, 0.15) is 5.82 Å². The predicted molar refractivity (Wildman–Crippen MR) is 91.0 cm³/mol. The minimum Gasteiger partial charge on any atom is -0.474 e. The van der Waals surface area contributed by atoms with Crippen molar-refractivity contribution in [2.75, 3.05) is 6.54 Å². The van der Waals surface area contributed by atoms with Crippen LogP contribution >= 0.6 is 0 Å². The minimum absolute atomic E-state index is 0.0980. The predicted octanol–water partition coefficient (Wildman–Crippen LogP) is 3.42. The van der Waals surface area contributed by atoms with E-state index < -0.39 is 28.4 Å². The van der Waals surface area contributed by atoms with Gasteiger partial charge in [0, 0.05) is 18.7 Å². The van der Waals surface area contributed by atoms with E-state index >= 15 is 0 Å². The Labute approximate surface area is 144 Å². The summed E-state index contributed by atoms with van der Waals surface area (Å²) in [4.78, 5) is 22.4. The highest BCUT2D eigenvalue weighted by Crippen LogP contribution is 2.28. The molecule has 0 saturated carbocycles. The highest BCUT2D eigenvalue weighted by Gasteiger charge is 2.22. The number of nitro benzene ring substituents is 1. The van der Waals surface area contributed by atoms with Crippen molar-refractivity contribution in [3.63, 3.8) is 0 Å². The van der Waals surface area contributed by atoms with Gasteiger partial charge in [-0.1, -0.05) is 37.3 Å². The quantitative estimate of drug-likeness (QED) is 0.615. The Hall–Kier alpha value is -2.96. The number of carbonyl (C=O) groups is 1. The third kappa shape index (κ3) is 5.00. The molecule has 1 N–H and O–H groups in total. The number of benzene rings is 2. The number of carbonyl (C=O) groups excluding carboxylic acids is 1. The van der Waals surface area contributed by atoms with Crippen molar-refractivity contribution in [2.45, 2.75) is 25.9 Å². The molecular formula is C18H19FN2O4. The van der Waals surface area contributed by atoms with E-state index in [-0.39, 0.29) is 11.7 Å². The summed E-state index contributed by atoms with van der Waals surface area (Å²) < 4.78 is 18.6. The van der Waals surface area contributed by atoms with E-state index in [0.29, 0.717) is 6.54 Å². The SMILES string of the molecule is C[C@H](Oc1cc(F)ccc1[N+](=O)[O-])C(=O)NC[C@H](C)c1ccccc1. The van der Waals surface area contributed by atoms with Crippen LogP contribution in [0, 0.1) is 15.9 Å². The van der Waals surface area contributed by atoms with Crippen molar-refractivity contribution in [1.29, 1.82) is 0 Å². The van der Waals surface area contributed by atoms with Crippen LogP contribution in [0.2, 0.25) is 0 Å².